The van der Waals surface area contributed by atoms with Gasteiger partial charge in [-0.05, 0) is 84.5 Å². The molecule has 9 rings (SSSR count). The van der Waals surface area contributed by atoms with Gasteiger partial charge in [0, 0.05) is 44.4 Å². The smallest absolute Gasteiger partial charge is 0.0950 e. The molecule has 0 spiro atoms. The van der Waals surface area contributed by atoms with E-state index in [4.69, 9.17) is 0 Å². The molecule has 2 aromatic heterocycles. The second kappa shape index (κ2) is 10.6. The third-order valence-electron chi connectivity index (χ3n) is 9.92. The van der Waals surface area contributed by atoms with E-state index in [-0.39, 0.29) is 11.8 Å². The molecule has 3 nitrogen and oxygen atoms in total. The molecule has 2 aliphatic carbocycles. The zero-order chi connectivity index (χ0) is 30.6. The maximum Gasteiger partial charge on any atom is 0.0950 e. The molecule has 2 atom stereocenters. The van der Waals surface area contributed by atoms with Gasteiger partial charge in [0.2, 0.25) is 0 Å². The lowest BCUT2D eigenvalue weighted by Crippen LogP contribution is -2.19. The molecule has 0 fully saturated rings. The average molecular weight is 590 g/mol. The first-order valence-electron chi connectivity index (χ1n) is 16.1. The monoisotopic (exact) mass is 589 g/mol. The van der Waals surface area contributed by atoms with E-state index in [1.54, 1.807) is 0 Å². The van der Waals surface area contributed by atoms with Crippen LogP contribution in [0.2, 0.25) is 0 Å². The van der Waals surface area contributed by atoms with Crippen molar-refractivity contribution >= 4 is 49.3 Å². The zero-order valence-electron chi connectivity index (χ0n) is 25.3. The van der Waals surface area contributed by atoms with Gasteiger partial charge < -0.3 is 9.13 Å². The third-order valence-corrected chi connectivity index (χ3v) is 9.92. The van der Waals surface area contributed by atoms with E-state index < -0.39 is 0 Å². The van der Waals surface area contributed by atoms with Crippen molar-refractivity contribution < 1.29 is 0 Å². The summed E-state index contributed by atoms with van der Waals surface area (Å²) in [6, 6.07) is 44.4. The van der Waals surface area contributed by atoms with Crippen molar-refractivity contribution in [2.24, 2.45) is 11.8 Å². The fourth-order valence-electron chi connectivity index (χ4n) is 7.79. The van der Waals surface area contributed by atoms with E-state index in [2.05, 4.69) is 155 Å². The van der Waals surface area contributed by atoms with Crippen molar-refractivity contribution in [1.29, 1.82) is 5.26 Å². The molecule has 2 heterocycles. The van der Waals surface area contributed by atoms with Crippen LogP contribution in [-0.4, -0.2) is 9.13 Å². The summed E-state index contributed by atoms with van der Waals surface area (Å²) >= 11 is 0. The van der Waals surface area contributed by atoms with Gasteiger partial charge in [-0.25, -0.2) is 0 Å². The van der Waals surface area contributed by atoms with Crippen LogP contribution in [0, 0.1) is 23.2 Å². The summed E-state index contributed by atoms with van der Waals surface area (Å²) in [4.78, 5) is 0. The van der Waals surface area contributed by atoms with Crippen LogP contribution in [0.25, 0.3) is 66.1 Å². The van der Waals surface area contributed by atoms with Gasteiger partial charge in [0.05, 0.1) is 28.1 Å². The number of nitriles is 1. The molecule has 7 aromatic rings. The first-order chi connectivity index (χ1) is 22.8. The largest absolute Gasteiger partial charge is 0.313 e. The highest BCUT2D eigenvalue weighted by Gasteiger charge is 2.27. The quantitative estimate of drug-likeness (QED) is 0.201. The minimum atomic E-state index is 0.219. The number of rotatable bonds is 4. The SMILES string of the molecule is N#CC1=CC=CCC1C1C=CC=C(n2c3ccccc3c3cc(-c4cccc(-n5c6ccccc6c6ccccc65)c4)ccc32)C1. The van der Waals surface area contributed by atoms with Crippen molar-refractivity contribution in [3.63, 3.8) is 0 Å². The normalized spacial score (nSPS) is 17.9. The Hall–Kier alpha value is -5.85. The van der Waals surface area contributed by atoms with Crippen molar-refractivity contribution in [2.75, 3.05) is 0 Å². The molecule has 218 valence electrons. The second-order valence-corrected chi connectivity index (χ2v) is 12.4. The van der Waals surface area contributed by atoms with Crippen molar-refractivity contribution in [1.82, 2.24) is 9.13 Å². The molecule has 0 saturated carbocycles. The van der Waals surface area contributed by atoms with Gasteiger partial charge in [0.1, 0.15) is 0 Å². The molecular weight excluding hydrogens is 558 g/mol. The Labute approximate surface area is 267 Å². The van der Waals surface area contributed by atoms with Gasteiger partial charge >= 0.3 is 0 Å². The lowest BCUT2D eigenvalue weighted by atomic mass is 9.77. The highest BCUT2D eigenvalue weighted by Crippen LogP contribution is 2.41. The predicted molar refractivity (Wildman–Crippen MR) is 192 cm³/mol. The van der Waals surface area contributed by atoms with Crippen LogP contribution in [0.4, 0.5) is 0 Å². The molecule has 46 heavy (non-hydrogen) atoms. The number of aromatic nitrogens is 2. The summed E-state index contributed by atoms with van der Waals surface area (Å²) in [5.74, 6) is 0.506. The Balaban J connectivity index is 1.15. The van der Waals surface area contributed by atoms with Gasteiger partial charge in [-0.1, -0.05) is 97.1 Å². The van der Waals surface area contributed by atoms with Gasteiger partial charge in [-0.15, -0.1) is 0 Å². The molecule has 0 aliphatic heterocycles. The average Bonchev–Trinajstić information content (AvgIpc) is 3.64. The summed E-state index contributed by atoms with van der Waals surface area (Å²) < 4.78 is 4.82. The maximum atomic E-state index is 9.81. The minimum Gasteiger partial charge on any atom is -0.313 e. The highest BCUT2D eigenvalue weighted by molar-refractivity contribution is 6.12. The topological polar surface area (TPSA) is 33.6 Å². The number of allylic oxidation sites excluding steroid dienone is 8. The molecule has 0 saturated heterocycles. The number of benzene rings is 5. The van der Waals surface area contributed by atoms with E-state index in [1.807, 2.05) is 12.2 Å². The summed E-state index contributed by atoms with van der Waals surface area (Å²) in [6.07, 6.45) is 14.7. The summed E-state index contributed by atoms with van der Waals surface area (Å²) in [5, 5.41) is 14.9. The minimum absolute atomic E-state index is 0.219. The van der Waals surface area contributed by atoms with Gasteiger partial charge in [0.15, 0.2) is 0 Å². The van der Waals surface area contributed by atoms with Crippen LogP contribution in [-0.2, 0) is 0 Å². The zero-order valence-corrected chi connectivity index (χ0v) is 25.3. The molecule has 0 radical (unpaired) electrons. The first kappa shape index (κ1) is 26.5. The van der Waals surface area contributed by atoms with Gasteiger partial charge in [-0.3, -0.25) is 0 Å². The number of para-hydroxylation sites is 3. The molecule has 5 aromatic carbocycles. The Bertz CT molecular complexity index is 2450. The lowest BCUT2D eigenvalue weighted by Gasteiger charge is -2.28. The number of nitrogens with zero attached hydrogens (tertiary/aromatic N) is 3. The number of hydrogen-bond donors (Lipinski definition) is 0. The molecule has 2 aliphatic rings. The van der Waals surface area contributed by atoms with E-state index in [9.17, 15) is 5.26 Å². The predicted octanol–water partition coefficient (Wildman–Crippen LogP) is 11.0. The number of fused-ring (bicyclic) bond motifs is 6. The van der Waals surface area contributed by atoms with E-state index >= 15 is 0 Å². The summed E-state index contributed by atoms with van der Waals surface area (Å²) in [7, 11) is 0. The molecule has 3 heteroatoms. The lowest BCUT2D eigenvalue weighted by molar-refractivity contribution is 0.464. The standard InChI is InChI=1S/C43H31N3/c44-28-32-11-1-2-16-35(32)31-13-10-15-34(26-31)46-42-22-8-5-19-38(42)39-27-30(23-24-43(39)46)29-12-9-14-33(25-29)45-40-20-6-3-17-36(40)37-18-4-7-21-41(37)45/h1-15,17-25,27,31,35H,16,26H2. The van der Waals surface area contributed by atoms with Gasteiger partial charge in [-0.2, -0.15) is 5.26 Å². The van der Waals surface area contributed by atoms with Crippen LogP contribution < -0.4 is 0 Å². The Morgan fingerprint density at radius 3 is 1.98 bits per heavy atom. The molecule has 0 N–H and O–H groups in total. The fraction of sp³-hybridized carbons (Fsp3) is 0.0930. The fourth-order valence-corrected chi connectivity index (χ4v) is 7.79. The van der Waals surface area contributed by atoms with Crippen molar-refractivity contribution in [2.45, 2.75) is 12.8 Å². The van der Waals surface area contributed by atoms with Crippen molar-refractivity contribution in [3.8, 4) is 22.9 Å². The van der Waals surface area contributed by atoms with Crippen LogP contribution in [0.1, 0.15) is 12.8 Å². The summed E-state index contributed by atoms with van der Waals surface area (Å²) in [6.45, 7) is 0. The molecule has 0 bridgehead atoms. The van der Waals surface area contributed by atoms with Crippen molar-refractivity contribution in [3.05, 3.63) is 157 Å². The van der Waals surface area contributed by atoms with Crippen LogP contribution in [0.15, 0.2) is 157 Å². The number of hydrogen-bond acceptors (Lipinski definition) is 1. The van der Waals surface area contributed by atoms with E-state index in [0.717, 1.165) is 24.1 Å². The summed E-state index contributed by atoms with van der Waals surface area (Å²) in [5.41, 5.74) is 10.6. The van der Waals surface area contributed by atoms with Crippen LogP contribution >= 0.6 is 0 Å². The Kier molecular flexibility index (Phi) is 6.14. The second-order valence-electron chi connectivity index (χ2n) is 12.4. The van der Waals surface area contributed by atoms with Crippen LogP contribution in [0.5, 0.6) is 0 Å². The van der Waals surface area contributed by atoms with Gasteiger partial charge in [0.25, 0.3) is 0 Å². The Morgan fingerprint density at radius 1 is 0.587 bits per heavy atom. The third kappa shape index (κ3) is 4.11. The van der Waals surface area contributed by atoms with Crippen LogP contribution in [0.3, 0.4) is 0 Å². The van der Waals surface area contributed by atoms with E-state index in [1.165, 1.54) is 60.4 Å². The molecule has 2 unspecified atom stereocenters. The Morgan fingerprint density at radius 2 is 1.24 bits per heavy atom. The maximum absolute atomic E-state index is 9.81. The molecular formula is C43H31N3. The van der Waals surface area contributed by atoms with E-state index in [0.29, 0.717) is 0 Å². The molecule has 0 amide bonds. The highest BCUT2D eigenvalue weighted by atomic mass is 15.0. The first-order valence-corrected chi connectivity index (χ1v) is 16.1.